The molecular weight excluding hydrogens is 192 g/mol. The number of likely N-dealkylation sites (tertiary alicyclic amines) is 1. The lowest BCUT2D eigenvalue weighted by Crippen LogP contribution is -2.26. The van der Waals surface area contributed by atoms with Gasteiger partial charge >= 0.3 is 0 Å². The number of hydrogen-bond donors (Lipinski definition) is 1. The molecule has 1 atom stereocenters. The molecule has 1 heterocycles. The largest absolute Gasteiger partial charge is 0.316 e. The number of thioether (sulfide) groups is 1. The molecule has 0 aromatic rings. The van der Waals surface area contributed by atoms with Gasteiger partial charge in [0.1, 0.15) is 0 Å². The number of nitrogens with one attached hydrogen (secondary N) is 1. The summed E-state index contributed by atoms with van der Waals surface area (Å²) in [7, 11) is 2.22. The lowest BCUT2D eigenvalue weighted by atomic mass is 10.1. The Kier molecular flexibility index (Phi) is 6.65. The van der Waals surface area contributed by atoms with Gasteiger partial charge in [0.2, 0.25) is 0 Å². The van der Waals surface area contributed by atoms with Crippen LogP contribution in [0.15, 0.2) is 0 Å². The van der Waals surface area contributed by atoms with Crippen LogP contribution in [0.4, 0.5) is 0 Å². The molecule has 84 valence electrons. The van der Waals surface area contributed by atoms with E-state index in [1.54, 1.807) is 0 Å². The molecule has 1 rings (SSSR count). The Labute approximate surface area is 92.8 Å². The van der Waals surface area contributed by atoms with Gasteiger partial charge in [0.15, 0.2) is 0 Å². The Bertz CT molecular complexity index is 141. The lowest BCUT2D eigenvalue weighted by molar-refractivity contribution is 0.388. The molecule has 14 heavy (non-hydrogen) atoms. The summed E-state index contributed by atoms with van der Waals surface area (Å²) in [5.74, 6) is 3.47. The van der Waals surface area contributed by atoms with Crippen molar-refractivity contribution in [3.63, 3.8) is 0 Å². The predicted octanol–water partition coefficient (Wildman–Crippen LogP) is 1.67. The van der Waals surface area contributed by atoms with Crippen LogP contribution in [0, 0.1) is 5.92 Å². The van der Waals surface area contributed by atoms with Crippen LogP contribution in [0.1, 0.15) is 19.8 Å². The average Bonchev–Trinajstić information content (AvgIpc) is 2.58. The Morgan fingerprint density at radius 1 is 1.50 bits per heavy atom. The van der Waals surface area contributed by atoms with E-state index in [0.29, 0.717) is 0 Å². The van der Waals surface area contributed by atoms with Crippen LogP contribution in [0.5, 0.6) is 0 Å². The van der Waals surface area contributed by atoms with Crippen LogP contribution in [0.3, 0.4) is 0 Å². The van der Waals surface area contributed by atoms with Crippen molar-refractivity contribution in [2.24, 2.45) is 5.92 Å². The molecule has 0 radical (unpaired) electrons. The zero-order valence-corrected chi connectivity index (χ0v) is 10.4. The van der Waals surface area contributed by atoms with Crippen LogP contribution >= 0.6 is 11.8 Å². The fraction of sp³-hybridized carbons (Fsp3) is 1.00. The molecule has 0 aliphatic carbocycles. The zero-order chi connectivity index (χ0) is 10.2. The zero-order valence-electron chi connectivity index (χ0n) is 9.59. The highest BCUT2D eigenvalue weighted by atomic mass is 32.2. The monoisotopic (exact) mass is 216 g/mol. The summed E-state index contributed by atoms with van der Waals surface area (Å²) in [4.78, 5) is 2.43. The predicted molar refractivity (Wildman–Crippen MR) is 66.1 cm³/mol. The summed E-state index contributed by atoms with van der Waals surface area (Å²) >= 11 is 2.04. The van der Waals surface area contributed by atoms with E-state index in [9.17, 15) is 0 Å². The number of hydrogen-bond acceptors (Lipinski definition) is 3. The first-order chi connectivity index (χ1) is 6.83. The minimum atomic E-state index is 0.902. The number of nitrogens with zero attached hydrogens (tertiary/aromatic N) is 1. The molecular formula is C11H24N2S. The molecule has 1 fully saturated rings. The molecule has 0 aromatic carbocycles. The summed E-state index contributed by atoms with van der Waals surface area (Å²) in [6.07, 6.45) is 2.70. The van der Waals surface area contributed by atoms with Gasteiger partial charge in [-0.2, -0.15) is 11.8 Å². The molecule has 0 bridgehead atoms. The highest BCUT2D eigenvalue weighted by Gasteiger charge is 2.18. The second kappa shape index (κ2) is 7.55. The van der Waals surface area contributed by atoms with Crippen molar-refractivity contribution in [3.8, 4) is 0 Å². The van der Waals surface area contributed by atoms with Crippen molar-refractivity contribution < 1.29 is 0 Å². The minimum Gasteiger partial charge on any atom is -0.316 e. The third-order valence-corrected chi connectivity index (χ3v) is 3.75. The van der Waals surface area contributed by atoms with Gasteiger partial charge in [-0.25, -0.2) is 0 Å². The van der Waals surface area contributed by atoms with Gasteiger partial charge in [0.05, 0.1) is 0 Å². The lowest BCUT2D eigenvalue weighted by Gasteiger charge is -2.11. The molecule has 1 aliphatic heterocycles. The maximum atomic E-state index is 3.57. The smallest absolute Gasteiger partial charge is 0.00192 e. The summed E-state index contributed by atoms with van der Waals surface area (Å²) in [6.45, 7) is 7.23. The fourth-order valence-electron chi connectivity index (χ4n) is 1.94. The van der Waals surface area contributed by atoms with Crippen LogP contribution < -0.4 is 5.32 Å². The SMILES string of the molecule is CCSCCCNCC1CCN(C)C1. The van der Waals surface area contributed by atoms with Gasteiger partial charge in [-0.1, -0.05) is 6.92 Å². The molecule has 0 spiro atoms. The van der Waals surface area contributed by atoms with Gasteiger partial charge in [0.25, 0.3) is 0 Å². The average molecular weight is 216 g/mol. The Balaban J connectivity index is 1.84. The summed E-state index contributed by atoms with van der Waals surface area (Å²) < 4.78 is 0. The maximum Gasteiger partial charge on any atom is 0.00192 e. The molecule has 0 saturated carbocycles. The van der Waals surface area contributed by atoms with E-state index in [0.717, 1.165) is 5.92 Å². The highest BCUT2D eigenvalue weighted by molar-refractivity contribution is 7.99. The molecule has 1 saturated heterocycles. The van der Waals surface area contributed by atoms with Gasteiger partial charge in [-0.05, 0) is 56.9 Å². The van der Waals surface area contributed by atoms with E-state index in [4.69, 9.17) is 0 Å². The number of rotatable bonds is 7. The standard InChI is InChI=1S/C11H24N2S/c1-3-14-8-4-6-12-9-11-5-7-13(2)10-11/h11-12H,3-10H2,1-2H3. The third-order valence-electron chi connectivity index (χ3n) is 2.77. The molecule has 1 N–H and O–H groups in total. The molecule has 0 amide bonds. The first-order valence-corrected chi connectivity index (χ1v) is 6.95. The van der Waals surface area contributed by atoms with Crippen molar-refractivity contribution >= 4 is 11.8 Å². The fourth-order valence-corrected chi connectivity index (χ4v) is 2.58. The second-order valence-corrected chi connectivity index (χ2v) is 5.57. The summed E-state index contributed by atoms with van der Waals surface area (Å²) in [6, 6.07) is 0. The van der Waals surface area contributed by atoms with E-state index >= 15 is 0 Å². The van der Waals surface area contributed by atoms with E-state index in [2.05, 4.69) is 24.2 Å². The minimum absolute atomic E-state index is 0.902. The van der Waals surface area contributed by atoms with E-state index in [1.165, 1.54) is 50.5 Å². The topological polar surface area (TPSA) is 15.3 Å². The van der Waals surface area contributed by atoms with E-state index < -0.39 is 0 Å². The maximum absolute atomic E-state index is 3.57. The molecule has 1 unspecified atom stereocenters. The summed E-state index contributed by atoms with van der Waals surface area (Å²) in [5, 5.41) is 3.57. The van der Waals surface area contributed by atoms with Crippen LogP contribution in [-0.4, -0.2) is 49.6 Å². The normalized spacial score (nSPS) is 23.1. The Morgan fingerprint density at radius 3 is 3.00 bits per heavy atom. The van der Waals surface area contributed by atoms with Crippen LogP contribution in [0.2, 0.25) is 0 Å². The molecule has 1 aliphatic rings. The second-order valence-electron chi connectivity index (χ2n) is 4.17. The van der Waals surface area contributed by atoms with Gasteiger partial charge < -0.3 is 10.2 Å². The quantitative estimate of drug-likeness (QED) is 0.652. The van der Waals surface area contributed by atoms with E-state index in [-0.39, 0.29) is 0 Å². The first kappa shape index (κ1) is 12.3. The van der Waals surface area contributed by atoms with Crippen molar-refractivity contribution in [2.75, 3.05) is 44.7 Å². The molecule has 2 nitrogen and oxygen atoms in total. The Hall–Kier alpha value is 0.270. The Morgan fingerprint density at radius 2 is 2.36 bits per heavy atom. The third kappa shape index (κ3) is 5.23. The van der Waals surface area contributed by atoms with Crippen molar-refractivity contribution in [2.45, 2.75) is 19.8 Å². The van der Waals surface area contributed by atoms with Gasteiger partial charge in [-0.3, -0.25) is 0 Å². The van der Waals surface area contributed by atoms with Crippen molar-refractivity contribution in [1.29, 1.82) is 0 Å². The van der Waals surface area contributed by atoms with Crippen LogP contribution in [-0.2, 0) is 0 Å². The van der Waals surface area contributed by atoms with Crippen molar-refractivity contribution in [1.82, 2.24) is 10.2 Å². The summed E-state index contributed by atoms with van der Waals surface area (Å²) in [5.41, 5.74) is 0. The highest BCUT2D eigenvalue weighted by Crippen LogP contribution is 2.12. The van der Waals surface area contributed by atoms with Gasteiger partial charge in [0, 0.05) is 6.54 Å². The van der Waals surface area contributed by atoms with Crippen molar-refractivity contribution in [3.05, 3.63) is 0 Å². The van der Waals surface area contributed by atoms with Gasteiger partial charge in [-0.15, -0.1) is 0 Å². The molecule has 3 heteroatoms. The van der Waals surface area contributed by atoms with Crippen LogP contribution in [0.25, 0.3) is 0 Å². The van der Waals surface area contributed by atoms with E-state index in [1.807, 2.05) is 11.8 Å². The molecule has 0 aromatic heterocycles. The first-order valence-electron chi connectivity index (χ1n) is 5.80.